The summed E-state index contributed by atoms with van der Waals surface area (Å²) in [4.78, 5) is 23.9. The van der Waals surface area contributed by atoms with Crippen LogP contribution in [0.1, 0.15) is 12.8 Å². The molecular formula is C10H8ClNO3. The number of halogens is 1. The first kappa shape index (κ1) is 9.98. The Bertz CT molecular complexity index is 428. The molecule has 0 aliphatic carbocycles. The first-order valence-corrected chi connectivity index (χ1v) is 4.81. The maximum atomic E-state index is 11.4. The molecule has 2 amide bonds. The quantitative estimate of drug-likeness (QED) is 0.740. The van der Waals surface area contributed by atoms with Crippen LogP contribution in [0, 0.1) is 0 Å². The van der Waals surface area contributed by atoms with E-state index in [1.807, 2.05) is 0 Å². The SMILES string of the molecule is O=C1CCC(=O)N1c1ccc(O)cc1Cl. The number of phenolic OH excluding ortho intramolecular Hbond substituents is 1. The van der Waals surface area contributed by atoms with Crippen molar-refractivity contribution in [1.29, 1.82) is 0 Å². The Morgan fingerprint density at radius 1 is 1.20 bits per heavy atom. The molecule has 0 bridgehead atoms. The number of benzene rings is 1. The van der Waals surface area contributed by atoms with Gasteiger partial charge in [-0.25, -0.2) is 4.90 Å². The van der Waals surface area contributed by atoms with Crippen LogP contribution >= 0.6 is 11.6 Å². The van der Waals surface area contributed by atoms with Crippen molar-refractivity contribution in [2.24, 2.45) is 0 Å². The maximum absolute atomic E-state index is 11.4. The van der Waals surface area contributed by atoms with E-state index in [1.54, 1.807) is 0 Å². The number of hydrogen-bond acceptors (Lipinski definition) is 3. The molecule has 1 heterocycles. The Kier molecular flexibility index (Phi) is 2.36. The van der Waals surface area contributed by atoms with Crippen molar-refractivity contribution in [3.05, 3.63) is 23.2 Å². The Morgan fingerprint density at radius 2 is 1.80 bits per heavy atom. The molecule has 1 aromatic carbocycles. The lowest BCUT2D eigenvalue weighted by Gasteiger charge is -2.15. The Hall–Kier alpha value is -1.55. The first-order valence-electron chi connectivity index (χ1n) is 4.44. The van der Waals surface area contributed by atoms with Crippen molar-refractivity contribution in [3.63, 3.8) is 0 Å². The minimum Gasteiger partial charge on any atom is -0.508 e. The van der Waals surface area contributed by atoms with Gasteiger partial charge in [-0.1, -0.05) is 11.6 Å². The summed E-state index contributed by atoms with van der Waals surface area (Å²) < 4.78 is 0. The largest absolute Gasteiger partial charge is 0.508 e. The van der Waals surface area contributed by atoms with Gasteiger partial charge in [-0.2, -0.15) is 0 Å². The van der Waals surface area contributed by atoms with Crippen molar-refractivity contribution in [2.45, 2.75) is 12.8 Å². The summed E-state index contributed by atoms with van der Waals surface area (Å²) >= 11 is 5.83. The average Bonchev–Trinajstić information content (AvgIpc) is 2.48. The predicted octanol–water partition coefficient (Wildman–Crippen LogP) is 1.70. The van der Waals surface area contributed by atoms with E-state index in [0.717, 1.165) is 4.90 Å². The monoisotopic (exact) mass is 225 g/mol. The summed E-state index contributed by atoms with van der Waals surface area (Å²) in [6.07, 6.45) is 0.437. The molecular weight excluding hydrogens is 218 g/mol. The number of amides is 2. The first-order chi connectivity index (χ1) is 7.09. The third kappa shape index (κ3) is 1.68. The number of anilines is 1. The highest BCUT2D eigenvalue weighted by Crippen LogP contribution is 2.32. The molecule has 1 aliphatic rings. The van der Waals surface area contributed by atoms with Gasteiger partial charge in [0.05, 0.1) is 10.7 Å². The molecule has 0 atom stereocenters. The smallest absolute Gasteiger partial charge is 0.234 e. The number of rotatable bonds is 1. The third-order valence-corrected chi connectivity index (χ3v) is 2.53. The third-order valence-electron chi connectivity index (χ3n) is 2.22. The molecule has 0 unspecified atom stereocenters. The van der Waals surface area contributed by atoms with E-state index in [4.69, 9.17) is 16.7 Å². The molecule has 78 valence electrons. The highest BCUT2D eigenvalue weighted by Gasteiger charge is 2.31. The lowest BCUT2D eigenvalue weighted by atomic mass is 10.3. The summed E-state index contributed by atoms with van der Waals surface area (Å²) in [5.74, 6) is -0.511. The van der Waals surface area contributed by atoms with Gasteiger partial charge < -0.3 is 5.11 Å². The molecule has 15 heavy (non-hydrogen) atoms. The standard InChI is InChI=1S/C10H8ClNO3/c11-7-5-6(13)1-2-8(7)12-9(14)3-4-10(12)15/h1-2,5,13H,3-4H2. The van der Waals surface area contributed by atoms with E-state index >= 15 is 0 Å². The van der Waals surface area contributed by atoms with Gasteiger partial charge in [0.2, 0.25) is 11.8 Å². The van der Waals surface area contributed by atoms with Crippen LogP contribution in [0.2, 0.25) is 5.02 Å². The molecule has 1 N–H and O–H groups in total. The molecule has 5 heteroatoms. The molecule has 1 aromatic rings. The van der Waals surface area contributed by atoms with Crippen LogP contribution in [0.25, 0.3) is 0 Å². The maximum Gasteiger partial charge on any atom is 0.234 e. The highest BCUT2D eigenvalue weighted by molar-refractivity contribution is 6.35. The van der Waals surface area contributed by atoms with Gasteiger partial charge in [0, 0.05) is 18.9 Å². The molecule has 2 rings (SSSR count). The average molecular weight is 226 g/mol. The number of nitrogens with zero attached hydrogens (tertiary/aromatic N) is 1. The number of carbonyl (C=O) groups is 2. The summed E-state index contributed by atoms with van der Waals surface area (Å²) in [6.45, 7) is 0. The van der Waals surface area contributed by atoms with Crippen LogP contribution in [0.3, 0.4) is 0 Å². The molecule has 0 spiro atoms. The molecule has 0 radical (unpaired) electrons. The second-order valence-electron chi connectivity index (χ2n) is 3.26. The second-order valence-corrected chi connectivity index (χ2v) is 3.67. The number of phenols is 1. The summed E-state index contributed by atoms with van der Waals surface area (Å²) in [5, 5.41) is 9.33. The normalized spacial score (nSPS) is 16.2. The van der Waals surface area contributed by atoms with E-state index < -0.39 is 0 Å². The summed E-state index contributed by atoms with van der Waals surface area (Å²) in [7, 11) is 0. The van der Waals surface area contributed by atoms with Crippen molar-refractivity contribution < 1.29 is 14.7 Å². The Labute approximate surface area is 91.1 Å². The van der Waals surface area contributed by atoms with E-state index in [0.29, 0.717) is 5.69 Å². The van der Waals surface area contributed by atoms with E-state index in [1.165, 1.54) is 18.2 Å². The van der Waals surface area contributed by atoms with Gasteiger partial charge in [-0.3, -0.25) is 9.59 Å². The number of carbonyl (C=O) groups excluding carboxylic acids is 2. The van der Waals surface area contributed by atoms with Crippen LogP contribution in [-0.2, 0) is 9.59 Å². The van der Waals surface area contributed by atoms with Crippen LogP contribution in [0.5, 0.6) is 5.75 Å². The van der Waals surface area contributed by atoms with Gasteiger partial charge in [0.15, 0.2) is 0 Å². The van der Waals surface area contributed by atoms with Gasteiger partial charge in [0.1, 0.15) is 5.75 Å². The number of hydrogen-bond donors (Lipinski definition) is 1. The Balaban J connectivity index is 2.45. The fraction of sp³-hybridized carbons (Fsp3) is 0.200. The number of imide groups is 1. The van der Waals surface area contributed by atoms with Crippen molar-refractivity contribution in [3.8, 4) is 5.75 Å². The molecule has 0 aromatic heterocycles. The fourth-order valence-corrected chi connectivity index (χ4v) is 1.78. The van der Waals surface area contributed by atoms with Crippen molar-refractivity contribution in [1.82, 2.24) is 0 Å². The van der Waals surface area contributed by atoms with Gasteiger partial charge in [-0.15, -0.1) is 0 Å². The predicted molar refractivity (Wildman–Crippen MR) is 54.8 cm³/mol. The minimum atomic E-state index is -0.257. The number of aromatic hydroxyl groups is 1. The molecule has 1 aliphatic heterocycles. The van der Waals surface area contributed by atoms with Crippen LogP contribution in [-0.4, -0.2) is 16.9 Å². The van der Waals surface area contributed by atoms with Crippen LogP contribution in [0.15, 0.2) is 18.2 Å². The zero-order valence-corrected chi connectivity index (χ0v) is 8.49. The minimum absolute atomic E-state index is 0.00263. The zero-order chi connectivity index (χ0) is 11.0. The van der Waals surface area contributed by atoms with E-state index in [2.05, 4.69) is 0 Å². The van der Waals surface area contributed by atoms with Gasteiger partial charge in [-0.05, 0) is 12.1 Å². The van der Waals surface area contributed by atoms with Crippen molar-refractivity contribution in [2.75, 3.05) is 4.90 Å². The molecule has 1 fully saturated rings. The molecule has 1 saturated heterocycles. The van der Waals surface area contributed by atoms with Crippen LogP contribution in [0.4, 0.5) is 5.69 Å². The highest BCUT2D eigenvalue weighted by atomic mass is 35.5. The fourth-order valence-electron chi connectivity index (χ4n) is 1.52. The van der Waals surface area contributed by atoms with E-state index in [9.17, 15) is 9.59 Å². The van der Waals surface area contributed by atoms with Gasteiger partial charge in [0.25, 0.3) is 0 Å². The van der Waals surface area contributed by atoms with E-state index in [-0.39, 0.29) is 35.4 Å². The van der Waals surface area contributed by atoms with Gasteiger partial charge >= 0.3 is 0 Å². The van der Waals surface area contributed by atoms with Crippen molar-refractivity contribution >= 4 is 29.1 Å². The Morgan fingerprint density at radius 3 is 2.33 bits per heavy atom. The topological polar surface area (TPSA) is 57.6 Å². The van der Waals surface area contributed by atoms with Crippen LogP contribution < -0.4 is 4.90 Å². The molecule has 0 saturated carbocycles. The summed E-state index contributed by atoms with van der Waals surface area (Å²) in [6, 6.07) is 4.15. The summed E-state index contributed by atoms with van der Waals surface area (Å²) in [5.41, 5.74) is 0.335. The molecule has 4 nitrogen and oxygen atoms in total. The zero-order valence-electron chi connectivity index (χ0n) is 7.74. The lowest BCUT2D eigenvalue weighted by Crippen LogP contribution is -2.28. The second kappa shape index (κ2) is 3.55. The lowest BCUT2D eigenvalue weighted by molar-refractivity contribution is -0.121.